The summed E-state index contributed by atoms with van der Waals surface area (Å²) in [5, 5.41) is 0.482. The summed E-state index contributed by atoms with van der Waals surface area (Å²) < 4.78 is 9.69. The number of hydrogen-bond acceptors (Lipinski definition) is 6. The molecule has 1 aromatic rings. The number of anilines is 1. The standard InChI is InChI=1S/C16H16N2O4S/c1-4-9-17-16-18(11-5-7-12(21-2)8-6-11)15(20)13(23-16)10-14(19)22-3/h4-8,10H,1,9H2,2-3H3/b13-10-,17-16?. The third-order valence-electron chi connectivity index (χ3n) is 2.94. The molecule has 0 unspecified atom stereocenters. The number of ether oxygens (including phenoxy) is 2. The average molecular weight is 332 g/mol. The predicted molar refractivity (Wildman–Crippen MR) is 90.7 cm³/mol. The van der Waals surface area contributed by atoms with E-state index in [-0.39, 0.29) is 10.8 Å². The van der Waals surface area contributed by atoms with Crippen molar-refractivity contribution in [3.63, 3.8) is 0 Å². The van der Waals surface area contributed by atoms with E-state index in [1.807, 2.05) is 0 Å². The van der Waals surface area contributed by atoms with Gasteiger partial charge in [-0.15, -0.1) is 6.58 Å². The molecule has 1 saturated heterocycles. The second-order valence-corrected chi connectivity index (χ2v) is 5.39. The summed E-state index contributed by atoms with van der Waals surface area (Å²) in [6, 6.07) is 7.00. The van der Waals surface area contributed by atoms with Crippen LogP contribution in [0.25, 0.3) is 0 Å². The first kappa shape index (κ1) is 16.8. The van der Waals surface area contributed by atoms with Gasteiger partial charge in [-0.25, -0.2) is 4.79 Å². The summed E-state index contributed by atoms with van der Waals surface area (Å²) in [5.41, 5.74) is 0.638. The molecule has 1 aromatic carbocycles. The molecule has 1 heterocycles. The maximum Gasteiger partial charge on any atom is 0.331 e. The molecule has 1 aliphatic heterocycles. The lowest BCUT2D eigenvalue weighted by molar-refractivity contribution is -0.135. The molecule has 0 aliphatic carbocycles. The number of aliphatic imine (C=N–C) groups is 1. The molecule has 6 nitrogen and oxygen atoms in total. The third kappa shape index (κ3) is 3.81. The first-order chi connectivity index (χ1) is 11.1. The molecule has 1 fully saturated rings. The minimum absolute atomic E-state index is 0.260. The van der Waals surface area contributed by atoms with Crippen LogP contribution in [0, 0.1) is 0 Å². The maximum atomic E-state index is 12.6. The van der Waals surface area contributed by atoms with Crippen molar-refractivity contribution in [2.45, 2.75) is 0 Å². The number of esters is 1. The van der Waals surface area contributed by atoms with E-state index in [2.05, 4.69) is 16.3 Å². The van der Waals surface area contributed by atoms with Crippen molar-refractivity contribution in [1.82, 2.24) is 0 Å². The van der Waals surface area contributed by atoms with Crippen molar-refractivity contribution in [3.8, 4) is 5.75 Å². The largest absolute Gasteiger partial charge is 0.497 e. The first-order valence-electron chi connectivity index (χ1n) is 6.72. The molecular formula is C16H16N2O4S. The summed E-state index contributed by atoms with van der Waals surface area (Å²) in [7, 11) is 2.83. The summed E-state index contributed by atoms with van der Waals surface area (Å²) in [6.07, 6.45) is 2.80. The fraction of sp³-hybridized carbons (Fsp3) is 0.188. The van der Waals surface area contributed by atoms with Gasteiger partial charge >= 0.3 is 5.97 Å². The number of rotatable bonds is 5. The highest BCUT2D eigenvalue weighted by Crippen LogP contribution is 2.35. The normalized spacial score (nSPS) is 17.7. The van der Waals surface area contributed by atoms with E-state index in [0.717, 1.165) is 11.8 Å². The minimum Gasteiger partial charge on any atom is -0.497 e. The molecule has 0 N–H and O–H groups in total. The van der Waals surface area contributed by atoms with Gasteiger partial charge in [0, 0.05) is 6.08 Å². The molecule has 1 aliphatic rings. The monoisotopic (exact) mass is 332 g/mol. The number of carbonyl (C=O) groups is 2. The van der Waals surface area contributed by atoms with Gasteiger partial charge in [0.2, 0.25) is 0 Å². The molecule has 0 bridgehead atoms. The van der Waals surface area contributed by atoms with E-state index in [4.69, 9.17) is 4.74 Å². The van der Waals surface area contributed by atoms with Crippen molar-refractivity contribution in [2.75, 3.05) is 25.7 Å². The highest BCUT2D eigenvalue weighted by Gasteiger charge is 2.35. The van der Waals surface area contributed by atoms with Crippen LogP contribution in [0.1, 0.15) is 0 Å². The van der Waals surface area contributed by atoms with E-state index >= 15 is 0 Å². The number of amidine groups is 1. The zero-order valence-electron chi connectivity index (χ0n) is 12.8. The molecular weight excluding hydrogens is 316 g/mol. The smallest absolute Gasteiger partial charge is 0.331 e. The van der Waals surface area contributed by atoms with Gasteiger partial charge in [-0.2, -0.15) is 0 Å². The number of nitrogens with zero attached hydrogens (tertiary/aromatic N) is 2. The lowest BCUT2D eigenvalue weighted by Gasteiger charge is -2.15. The first-order valence-corrected chi connectivity index (χ1v) is 7.53. The second-order valence-electron chi connectivity index (χ2n) is 4.38. The van der Waals surface area contributed by atoms with Gasteiger partial charge in [-0.1, -0.05) is 6.08 Å². The predicted octanol–water partition coefficient (Wildman–Crippen LogP) is 2.37. The summed E-state index contributed by atoms with van der Waals surface area (Å²) in [6.45, 7) is 3.99. The number of thioether (sulfide) groups is 1. The van der Waals surface area contributed by atoms with Crippen LogP contribution in [-0.4, -0.2) is 37.8 Å². The quantitative estimate of drug-likeness (QED) is 0.470. The SMILES string of the molecule is C=CCN=C1S/C(=C\C(=O)OC)C(=O)N1c1ccc(OC)cc1. The number of benzene rings is 1. The van der Waals surface area contributed by atoms with Crippen molar-refractivity contribution >= 4 is 34.5 Å². The number of hydrogen-bond donors (Lipinski definition) is 0. The Morgan fingerprint density at radius 1 is 1.35 bits per heavy atom. The van der Waals surface area contributed by atoms with Crippen molar-refractivity contribution < 1.29 is 19.1 Å². The molecule has 0 aromatic heterocycles. The second kappa shape index (κ2) is 7.64. The molecule has 7 heteroatoms. The van der Waals surface area contributed by atoms with Crippen LogP contribution in [-0.2, 0) is 14.3 Å². The van der Waals surface area contributed by atoms with Gasteiger partial charge in [0.15, 0.2) is 5.17 Å². The molecule has 0 atom stereocenters. The van der Waals surface area contributed by atoms with Crippen LogP contribution in [0.5, 0.6) is 5.75 Å². The van der Waals surface area contributed by atoms with Crippen LogP contribution >= 0.6 is 11.8 Å². The topological polar surface area (TPSA) is 68.2 Å². The van der Waals surface area contributed by atoms with Crippen molar-refractivity contribution in [3.05, 3.63) is 47.9 Å². The Morgan fingerprint density at radius 3 is 2.61 bits per heavy atom. The van der Waals surface area contributed by atoms with E-state index in [1.165, 1.54) is 18.1 Å². The average Bonchev–Trinajstić information content (AvgIpc) is 2.88. The Bertz CT molecular complexity index is 680. The fourth-order valence-corrected chi connectivity index (χ4v) is 2.80. The van der Waals surface area contributed by atoms with Gasteiger partial charge in [0.25, 0.3) is 5.91 Å². The third-order valence-corrected chi connectivity index (χ3v) is 3.95. The summed E-state index contributed by atoms with van der Waals surface area (Å²) in [5.74, 6) is -0.225. The van der Waals surface area contributed by atoms with Crippen LogP contribution in [0.4, 0.5) is 5.69 Å². The highest BCUT2D eigenvalue weighted by atomic mass is 32.2. The molecule has 0 spiro atoms. The summed E-state index contributed by atoms with van der Waals surface area (Å²) in [4.78, 5) is 30.0. The zero-order chi connectivity index (χ0) is 16.8. The van der Waals surface area contributed by atoms with Crippen LogP contribution in [0.15, 0.2) is 52.9 Å². The van der Waals surface area contributed by atoms with Crippen LogP contribution < -0.4 is 9.64 Å². The van der Waals surface area contributed by atoms with E-state index < -0.39 is 5.97 Å². The van der Waals surface area contributed by atoms with E-state index in [0.29, 0.717) is 23.1 Å². The molecule has 0 saturated carbocycles. The Morgan fingerprint density at radius 2 is 2.04 bits per heavy atom. The van der Waals surface area contributed by atoms with Crippen molar-refractivity contribution in [1.29, 1.82) is 0 Å². The van der Waals surface area contributed by atoms with Gasteiger partial charge in [0.05, 0.1) is 31.4 Å². The van der Waals surface area contributed by atoms with Crippen molar-refractivity contribution in [2.24, 2.45) is 4.99 Å². The Hall–Kier alpha value is -2.54. The van der Waals surface area contributed by atoms with E-state index in [9.17, 15) is 9.59 Å². The maximum absolute atomic E-state index is 12.6. The number of methoxy groups -OCH3 is 2. The summed E-state index contributed by atoms with van der Waals surface area (Å²) >= 11 is 1.12. The fourth-order valence-electron chi connectivity index (χ4n) is 1.85. The number of amides is 1. The Balaban J connectivity index is 2.39. The number of carbonyl (C=O) groups excluding carboxylic acids is 2. The minimum atomic E-state index is -0.583. The molecule has 120 valence electrons. The van der Waals surface area contributed by atoms with Gasteiger partial charge in [0.1, 0.15) is 5.75 Å². The van der Waals surface area contributed by atoms with E-state index in [1.54, 1.807) is 37.5 Å². The zero-order valence-corrected chi connectivity index (χ0v) is 13.6. The van der Waals surface area contributed by atoms with Gasteiger partial charge < -0.3 is 9.47 Å². The van der Waals surface area contributed by atoms with Crippen LogP contribution in [0.2, 0.25) is 0 Å². The highest BCUT2D eigenvalue weighted by molar-refractivity contribution is 8.19. The lowest BCUT2D eigenvalue weighted by Crippen LogP contribution is -2.29. The Labute approximate surface area is 138 Å². The molecule has 2 rings (SSSR count). The van der Waals surface area contributed by atoms with Crippen LogP contribution in [0.3, 0.4) is 0 Å². The Kier molecular flexibility index (Phi) is 5.59. The molecule has 1 amide bonds. The lowest BCUT2D eigenvalue weighted by atomic mass is 10.2. The van der Waals surface area contributed by atoms with Gasteiger partial charge in [-0.3, -0.25) is 14.7 Å². The molecule has 23 heavy (non-hydrogen) atoms. The van der Waals surface area contributed by atoms with Gasteiger partial charge in [-0.05, 0) is 36.0 Å². The molecule has 0 radical (unpaired) electrons.